The van der Waals surface area contributed by atoms with Gasteiger partial charge < -0.3 is 5.32 Å². The second-order valence-corrected chi connectivity index (χ2v) is 6.14. The normalized spacial score (nSPS) is 10.5. The number of hydrogen-bond donors (Lipinski definition) is 1. The maximum Gasteiger partial charge on any atom is 0.269 e. The first-order chi connectivity index (χ1) is 9.60. The van der Waals surface area contributed by atoms with Crippen molar-refractivity contribution in [2.45, 2.75) is 16.3 Å². The van der Waals surface area contributed by atoms with Crippen LogP contribution in [0.25, 0.3) is 0 Å². The first kappa shape index (κ1) is 15.0. The van der Waals surface area contributed by atoms with Crippen LogP contribution in [0, 0.1) is 10.1 Å². The van der Waals surface area contributed by atoms with Gasteiger partial charge in [-0.25, -0.2) is 0 Å². The van der Waals surface area contributed by atoms with E-state index in [-0.39, 0.29) is 5.69 Å². The number of halogens is 1. The van der Waals surface area contributed by atoms with Crippen molar-refractivity contribution in [1.29, 1.82) is 0 Å². The first-order valence-electron chi connectivity index (χ1n) is 5.95. The molecule has 0 fully saturated rings. The summed E-state index contributed by atoms with van der Waals surface area (Å²) in [5.74, 6) is 0. The van der Waals surface area contributed by atoms with E-state index < -0.39 is 4.92 Å². The number of non-ortho nitro benzene ring substituents is 1. The highest BCUT2D eigenvalue weighted by atomic mass is 79.9. The van der Waals surface area contributed by atoms with Gasteiger partial charge in [0.2, 0.25) is 0 Å². The number of nitro groups is 1. The lowest BCUT2D eigenvalue weighted by molar-refractivity contribution is -0.384. The van der Waals surface area contributed by atoms with Crippen molar-refractivity contribution >= 4 is 33.4 Å². The quantitative estimate of drug-likeness (QED) is 0.646. The highest BCUT2D eigenvalue weighted by Gasteiger charge is 2.06. The minimum Gasteiger partial charge on any atom is -0.316 e. The minimum absolute atomic E-state index is 0.111. The lowest BCUT2D eigenvalue weighted by atomic mass is 10.2. The molecule has 2 rings (SSSR count). The summed E-state index contributed by atoms with van der Waals surface area (Å²) < 4.78 is 1.05. The molecule has 4 nitrogen and oxygen atoms in total. The van der Waals surface area contributed by atoms with Crippen LogP contribution in [0.3, 0.4) is 0 Å². The molecule has 0 unspecified atom stereocenters. The Morgan fingerprint density at radius 3 is 2.40 bits per heavy atom. The van der Waals surface area contributed by atoms with Crippen LogP contribution in [0.1, 0.15) is 5.56 Å². The standard InChI is InChI=1S/C14H13BrN2O2S/c1-16-9-10-2-5-13(8-14(10)15)20-12-6-3-11(4-7-12)17(18)19/h2-8,16H,9H2,1H3. The molecule has 0 bridgehead atoms. The molecule has 0 spiro atoms. The lowest BCUT2D eigenvalue weighted by Gasteiger charge is -2.07. The second kappa shape index (κ2) is 6.88. The van der Waals surface area contributed by atoms with Crippen LogP contribution < -0.4 is 5.32 Å². The Morgan fingerprint density at radius 1 is 1.20 bits per heavy atom. The van der Waals surface area contributed by atoms with Gasteiger partial charge >= 0.3 is 0 Å². The zero-order valence-electron chi connectivity index (χ0n) is 10.8. The van der Waals surface area contributed by atoms with Crippen molar-refractivity contribution in [3.8, 4) is 0 Å². The van der Waals surface area contributed by atoms with E-state index in [1.807, 2.05) is 13.1 Å². The van der Waals surface area contributed by atoms with Crippen LogP contribution in [0.4, 0.5) is 5.69 Å². The van der Waals surface area contributed by atoms with Gasteiger partial charge in [0.25, 0.3) is 5.69 Å². The van der Waals surface area contributed by atoms with Crippen molar-refractivity contribution in [3.63, 3.8) is 0 Å². The fraction of sp³-hybridized carbons (Fsp3) is 0.143. The number of rotatable bonds is 5. The lowest BCUT2D eigenvalue weighted by Crippen LogP contribution is -2.05. The Labute approximate surface area is 129 Å². The highest BCUT2D eigenvalue weighted by Crippen LogP contribution is 2.31. The summed E-state index contributed by atoms with van der Waals surface area (Å²) in [6.45, 7) is 0.809. The molecule has 2 aromatic carbocycles. The van der Waals surface area contributed by atoms with E-state index in [9.17, 15) is 10.1 Å². The second-order valence-electron chi connectivity index (χ2n) is 4.14. The predicted molar refractivity (Wildman–Crippen MR) is 84.1 cm³/mol. The van der Waals surface area contributed by atoms with Gasteiger partial charge in [-0.15, -0.1) is 0 Å². The molecule has 20 heavy (non-hydrogen) atoms. The molecule has 0 amide bonds. The molecule has 0 saturated carbocycles. The zero-order chi connectivity index (χ0) is 14.5. The third kappa shape index (κ3) is 3.82. The number of nitrogens with one attached hydrogen (secondary N) is 1. The molecule has 0 aliphatic heterocycles. The summed E-state index contributed by atoms with van der Waals surface area (Å²) in [5, 5.41) is 13.7. The Morgan fingerprint density at radius 2 is 1.85 bits per heavy atom. The third-order valence-corrected chi connectivity index (χ3v) is 4.41. The topological polar surface area (TPSA) is 55.2 Å². The van der Waals surface area contributed by atoms with Crippen LogP contribution in [-0.4, -0.2) is 12.0 Å². The molecule has 0 radical (unpaired) electrons. The van der Waals surface area contributed by atoms with Gasteiger partial charge in [-0.2, -0.15) is 0 Å². The number of benzene rings is 2. The van der Waals surface area contributed by atoms with Crippen molar-refractivity contribution in [2.75, 3.05) is 7.05 Å². The SMILES string of the molecule is CNCc1ccc(Sc2ccc([N+](=O)[O-])cc2)cc1Br. The van der Waals surface area contributed by atoms with E-state index in [1.165, 1.54) is 17.7 Å². The largest absolute Gasteiger partial charge is 0.316 e. The first-order valence-corrected chi connectivity index (χ1v) is 7.56. The van der Waals surface area contributed by atoms with E-state index >= 15 is 0 Å². The van der Waals surface area contributed by atoms with Crippen molar-refractivity contribution < 1.29 is 4.92 Å². The van der Waals surface area contributed by atoms with Gasteiger partial charge in [0.05, 0.1) is 4.92 Å². The maximum absolute atomic E-state index is 10.6. The molecular formula is C14H13BrN2O2S. The molecule has 0 saturated heterocycles. The molecule has 0 aliphatic rings. The molecule has 6 heteroatoms. The summed E-state index contributed by atoms with van der Waals surface area (Å²) in [6, 6.07) is 12.7. The van der Waals surface area contributed by atoms with Gasteiger partial charge in [-0.1, -0.05) is 33.8 Å². The fourth-order valence-corrected chi connectivity index (χ4v) is 3.23. The Kier molecular flexibility index (Phi) is 5.17. The fourth-order valence-electron chi connectivity index (χ4n) is 1.70. The van der Waals surface area contributed by atoms with E-state index in [2.05, 4.69) is 33.4 Å². The Hall–Kier alpha value is -1.37. The summed E-state index contributed by atoms with van der Waals surface area (Å²) in [5.41, 5.74) is 1.31. The van der Waals surface area contributed by atoms with Gasteiger partial charge in [0.1, 0.15) is 0 Å². The average Bonchev–Trinajstić information content (AvgIpc) is 2.42. The van der Waals surface area contributed by atoms with Crippen LogP contribution in [0.2, 0.25) is 0 Å². The molecule has 0 aromatic heterocycles. The molecular weight excluding hydrogens is 340 g/mol. The molecule has 104 valence electrons. The Balaban J connectivity index is 2.13. The summed E-state index contributed by atoms with van der Waals surface area (Å²) in [7, 11) is 1.91. The number of nitrogens with zero attached hydrogens (tertiary/aromatic N) is 1. The summed E-state index contributed by atoms with van der Waals surface area (Å²) >= 11 is 5.13. The van der Waals surface area contributed by atoms with E-state index in [4.69, 9.17) is 0 Å². The molecule has 2 aromatic rings. The highest BCUT2D eigenvalue weighted by molar-refractivity contribution is 9.10. The number of hydrogen-bond acceptors (Lipinski definition) is 4. The summed E-state index contributed by atoms with van der Waals surface area (Å²) in [6.07, 6.45) is 0. The zero-order valence-corrected chi connectivity index (χ0v) is 13.2. The van der Waals surface area contributed by atoms with Gasteiger partial charge in [0, 0.05) is 32.9 Å². The van der Waals surface area contributed by atoms with Crippen LogP contribution in [-0.2, 0) is 6.54 Å². The van der Waals surface area contributed by atoms with E-state index in [1.54, 1.807) is 23.9 Å². The molecule has 1 N–H and O–H groups in total. The molecule has 0 aliphatic carbocycles. The molecule has 0 heterocycles. The van der Waals surface area contributed by atoms with Gasteiger partial charge in [0.15, 0.2) is 0 Å². The average molecular weight is 353 g/mol. The van der Waals surface area contributed by atoms with Gasteiger partial charge in [-0.3, -0.25) is 10.1 Å². The van der Waals surface area contributed by atoms with Crippen LogP contribution in [0.5, 0.6) is 0 Å². The van der Waals surface area contributed by atoms with E-state index in [0.717, 1.165) is 20.8 Å². The predicted octanol–water partition coefficient (Wildman–Crippen LogP) is 4.23. The maximum atomic E-state index is 10.6. The monoisotopic (exact) mass is 352 g/mol. The van der Waals surface area contributed by atoms with Crippen molar-refractivity contribution in [3.05, 3.63) is 62.6 Å². The smallest absolute Gasteiger partial charge is 0.269 e. The number of nitro benzene ring substituents is 1. The van der Waals surface area contributed by atoms with Gasteiger partial charge in [-0.05, 0) is 36.9 Å². The van der Waals surface area contributed by atoms with E-state index in [0.29, 0.717) is 0 Å². The third-order valence-electron chi connectivity index (χ3n) is 2.68. The Bertz CT molecular complexity index is 617. The minimum atomic E-state index is -0.391. The van der Waals surface area contributed by atoms with Crippen LogP contribution in [0.15, 0.2) is 56.7 Å². The van der Waals surface area contributed by atoms with Crippen molar-refractivity contribution in [2.24, 2.45) is 0 Å². The molecule has 0 atom stereocenters. The summed E-state index contributed by atoms with van der Waals surface area (Å²) in [4.78, 5) is 12.3. The van der Waals surface area contributed by atoms with Crippen LogP contribution >= 0.6 is 27.7 Å². The van der Waals surface area contributed by atoms with Crippen molar-refractivity contribution in [1.82, 2.24) is 5.32 Å².